The first-order chi connectivity index (χ1) is 12.9. The number of sulfonamides is 1. The van der Waals surface area contributed by atoms with Crippen molar-refractivity contribution in [3.8, 4) is 0 Å². The monoisotopic (exact) mass is 402 g/mol. The van der Waals surface area contributed by atoms with Crippen molar-refractivity contribution in [2.24, 2.45) is 0 Å². The Labute approximate surface area is 163 Å². The number of likely N-dealkylation sites (N-methyl/N-ethyl adjacent to an activating group) is 1. The number of β-amino-alcohol motifs (C(OH)–C–C–N with tert-alkyl or cyclic N) is 1. The molecule has 0 unspecified atom stereocenters. The second-order valence-electron chi connectivity index (χ2n) is 6.94. The molecule has 7 heteroatoms. The highest BCUT2D eigenvalue weighted by Crippen LogP contribution is 2.28. The van der Waals surface area contributed by atoms with Crippen LogP contribution in [0, 0.1) is 0 Å². The zero-order chi connectivity index (χ0) is 19.0. The summed E-state index contributed by atoms with van der Waals surface area (Å²) in [5.41, 5.74) is 0. The normalized spacial score (nSPS) is 21.3. The maximum Gasteiger partial charge on any atom is 0.243 e. The van der Waals surface area contributed by atoms with E-state index in [-0.39, 0.29) is 17.5 Å². The van der Waals surface area contributed by atoms with Gasteiger partial charge in [-0.25, -0.2) is 8.42 Å². The van der Waals surface area contributed by atoms with E-state index in [1.807, 2.05) is 19.2 Å². The lowest BCUT2D eigenvalue weighted by Crippen LogP contribution is -2.40. The van der Waals surface area contributed by atoms with E-state index in [0.717, 1.165) is 0 Å². The molecule has 142 valence electrons. The van der Waals surface area contributed by atoms with E-state index in [4.69, 9.17) is 0 Å². The number of benzene rings is 2. The van der Waals surface area contributed by atoms with Gasteiger partial charge in [0.1, 0.15) is 0 Å². The van der Waals surface area contributed by atoms with Gasteiger partial charge in [0.15, 0.2) is 0 Å². The summed E-state index contributed by atoms with van der Waals surface area (Å²) in [7, 11) is -1.64. The number of aliphatic hydroxyl groups is 1. The van der Waals surface area contributed by atoms with Crippen molar-refractivity contribution >= 4 is 31.4 Å². The Hall–Kier alpha value is -1.77. The van der Waals surface area contributed by atoms with Crippen LogP contribution in [0.15, 0.2) is 65.6 Å². The fraction of sp³-hybridized carbons (Fsp3) is 0.300. The van der Waals surface area contributed by atoms with Gasteiger partial charge in [0.2, 0.25) is 10.0 Å². The summed E-state index contributed by atoms with van der Waals surface area (Å²) >= 11 is 1.73. The zero-order valence-electron chi connectivity index (χ0n) is 15.0. The molecular formula is C20H22N2O3S2. The van der Waals surface area contributed by atoms with Gasteiger partial charge >= 0.3 is 0 Å². The van der Waals surface area contributed by atoms with Crippen LogP contribution in [0.5, 0.6) is 0 Å². The summed E-state index contributed by atoms with van der Waals surface area (Å²) < 4.78 is 28.3. The third kappa shape index (κ3) is 3.66. The van der Waals surface area contributed by atoms with Crippen LogP contribution in [0.4, 0.5) is 0 Å². The first-order valence-electron chi connectivity index (χ1n) is 8.86. The predicted molar refractivity (Wildman–Crippen MR) is 108 cm³/mol. The zero-order valence-corrected chi connectivity index (χ0v) is 16.7. The highest BCUT2D eigenvalue weighted by Gasteiger charge is 2.40. The Kier molecular flexibility index (Phi) is 5.05. The van der Waals surface area contributed by atoms with E-state index < -0.39 is 16.1 Å². The average Bonchev–Trinajstić information content (AvgIpc) is 3.25. The fourth-order valence-corrected chi connectivity index (χ4v) is 6.21. The molecule has 4 rings (SSSR count). The lowest BCUT2D eigenvalue weighted by Gasteiger charge is -2.25. The number of rotatable bonds is 5. The molecular weight excluding hydrogens is 380 g/mol. The lowest BCUT2D eigenvalue weighted by atomic mass is 10.2. The summed E-state index contributed by atoms with van der Waals surface area (Å²) in [5.74, 6) is 0. The highest BCUT2D eigenvalue weighted by molar-refractivity contribution is 7.89. The van der Waals surface area contributed by atoms with E-state index in [0.29, 0.717) is 13.1 Å². The first-order valence-corrected chi connectivity index (χ1v) is 11.1. The Balaban J connectivity index is 1.49. The molecule has 3 aromatic rings. The maximum atomic E-state index is 12.8. The van der Waals surface area contributed by atoms with Gasteiger partial charge in [-0.2, -0.15) is 4.31 Å². The molecule has 0 saturated carbocycles. The summed E-state index contributed by atoms with van der Waals surface area (Å²) in [5, 5.41) is 11.7. The van der Waals surface area contributed by atoms with Gasteiger partial charge in [0.05, 0.1) is 17.0 Å². The van der Waals surface area contributed by atoms with E-state index in [2.05, 4.69) is 23.1 Å². The van der Waals surface area contributed by atoms with Crippen LogP contribution in [0.1, 0.15) is 4.88 Å². The van der Waals surface area contributed by atoms with E-state index in [9.17, 15) is 13.5 Å². The number of hydrogen-bond donors (Lipinski definition) is 1. The van der Waals surface area contributed by atoms with Crippen LogP contribution in [0.2, 0.25) is 0 Å². The molecule has 1 aromatic heterocycles. The molecule has 1 aliphatic heterocycles. The molecule has 1 saturated heterocycles. The second-order valence-corrected chi connectivity index (χ2v) is 10.0. The van der Waals surface area contributed by atoms with Crippen LogP contribution in [0.3, 0.4) is 0 Å². The standard InChI is InChI=1S/C20H22N2O3S2/c1-21(12-16-11-15-7-5-6-10-20(15)26-16)18-13-22(14-19(18)23)27(24,25)17-8-3-2-4-9-17/h2-11,18-19,23H,12-14H2,1H3/t18-,19-/m0/s1. The Bertz CT molecular complexity index is 1000. The molecule has 1 fully saturated rings. The summed E-state index contributed by atoms with van der Waals surface area (Å²) in [6.07, 6.45) is -0.706. The van der Waals surface area contributed by atoms with Crippen molar-refractivity contribution in [3.05, 3.63) is 65.5 Å². The van der Waals surface area contributed by atoms with Crippen molar-refractivity contribution in [2.45, 2.75) is 23.6 Å². The van der Waals surface area contributed by atoms with E-state index >= 15 is 0 Å². The molecule has 0 radical (unpaired) electrons. The maximum absolute atomic E-state index is 12.8. The van der Waals surface area contributed by atoms with Gasteiger partial charge in [-0.3, -0.25) is 4.90 Å². The SMILES string of the molecule is CN(Cc1cc2ccccc2s1)[C@H]1CN(S(=O)(=O)c2ccccc2)C[C@@H]1O. The quantitative estimate of drug-likeness (QED) is 0.713. The van der Waals surface area contributed by atoms with Crippen LogP contribution in [-0.4, -0.2) is 55.0 Å². The molecule has 5 nitrogen and oxygen atoms in total. The number of nitrogens with zero attached hydrogens (tertiary/aromatic N) is 2. The largest absolute Gasteiger partial charge is 0.390 e. The number of fused-ring (bicyclic) bond motifs is 1. The van der Waals surface area contributed by atoms with Crippen LogP contribution in [-0.2, 0) is 16.6 Å². The van der Waals surface area contributed by atoms with Gasteiger partial charge in [-0.15, -0.1) is 11.3 Å². The van der Waals surface area contributed by atoms with Crippen molar-refractivity contribution in [1.82, 2.24) is 9.21 Å². The predicted octanol–water partition coefficient (Wildman–Crippen LogP) is 2.77. The third-order valence-electron chi connectivity index (χ3n) is 5.05. The molecule has 1 N–H and O–H groups in total. The van der Waals surface area contributed by atoms with Crippen LogP contribution >= 0.6 is 11.3 Å². The van der Waals surface area contributed by atoms with Crippen molar-refractivity contribution in [2.75, 3.05) is 20.1 Å². The Morgan fingerprint density at radius 3 is 2.56 bits per heavy atom. The lowest BCUT2D eigenvalue weighted by molar-refractivity contribution is 0.0959. The molecule has 0 spiro atoms. The summed E-state index contributed by atoms with van der Waals surface area (Å²) in [4.78, 5) is 3.52. The van der Waals surface area contributed by atoms with Crippen molar-refractivity contribution in [3.63, 3.8) is 0 Å². The highest BCUT2D eigenvalue weighted by atomic mass is 32.2. The number of thiophene rings is 1. The minimum Gasteiger partial charge on any atom is -0.390 e. The molecule has 0 bridgehead atoms. The van der Waals surface area contributed by atoms with Crippen LogP contribution < -0.4 is 0 Å². The smallest absolute Gasteiger partial charge is 0.243 e. The molecule has 1 aliphatic rings. The Morgan fingerprint density at radius 2 is 1.81 bits per heavy atom. The molecule has 2 atom stereocenters. The van der Waals surface area contributed by atoms with E-state index in [1.165, 1.54) is 19.3 Å². The van der Waals surface area contributed by atoms with E-state index in [1.54, 1.807) is 41.7 Å². The third-order valence-corrected chi connectivity index (χ3v) is 8.00. The van der Waals surface area contributed by atoms with Gasteiger partial charge in [0.25, 0.3) is 0 Å². The minimum absolute atomic E-state index is 0.124. The van der Waals surface area contributed by atoms with Crippen molar-refractivity contribution < 1.29 is 13.5 Å². The molecule has 27 heavy (non-hydrogen) atoms. The fourth-order valence-electron chi connectivity index (χ4n) is 3.58. The van der Waals surface area contributed by atoms with Crippen molar-refractivity contribution in [1.29, 1.82) is 0 Å². The van der Waals surface area contributed by atoms with Crippen LogP contribution in [0.25, 0.3) is 10.1 Å². The first kappa shape index (κ1) is 18.6. The number of hydrogen-bond acceptors (Lipinski definition) is 5. The molecule has 2 aromatic carbocycles. The minimum atomic E-state index is -3.58. The Morgan fingerprint density at radius 1 is 1.11 bits per heavy atom. The summed E-state index contributed by atoms with van der Waals surface area (Å²) in [6, 6.07) is 18.6. The topological polar surface area (TPSA) is 60.9 Å². The summed E-state index contributed by atoms with van der Waals surface area (Å²) in [6.45, 7) is 1.10. The molecule has 0 aliphatic carbocycles. The van der Waals surface area contributed by atoms with Gasteiger partial charge < -0.3 is 5.11 Å². The average molecular weight is 403 g/mol. The van der Waals surface area contributed by atoms with Gasteiger partial charge in [0, 0.05) is 29.2 Å². The van der Waals surface area contributed by atoms with Gasteiger partial charge in [-0.1, -0.05) is 36.4 Å². The van der Waals surface area contributed by atoms with Gasteiger partial charge in [-0.05, 0) is 36.7 Å². The number of aliphatic hydroxyl groups excluding tert-OH is 1. The second kappa shape index (κ2) is 7.33. The molecule has 2 heterocycles. The molecule has 0 amide bonds.